The molecule has 0 atom stereocenters. The number of pyridine rings is 1. The molecule has 22 heavy (non-hydrogen) atoms. The minimum absolute atomic E-state index is 0.272. The van der Waals surface area contributed by atoms with E-state index in [-0.39, 0.29) is 6.03 Å². The third-order valence-corrected chi connectivity index (χ3v) is 3.34. The van der Waals surface area contributed by atoms with E-state index in [9.17, 15) is 4.79 Å². The zero-order valence-corrected chi connectivity index (χ0v) is 13.1. The van der Waals surface area contributed by atoms with Crippen LogP contribution in [-0.2, 0) is 13.1 Å². The highest BCUT2D eigenvalue weighted by Crippen LogP contribution is 2.15. The van der Waals surface area contributed by atoms with Gasteiger partial charge < -0.3 is 15.4 Å². The molecular weight excluding hydrogens is 302 g/mol. The van der Waals surface area contributed by atoms with Gasteiger partial charge in [-0.1, -0.05) is 35.9 Å². The molecule has 1 aromatic heterocycles. The van der Waals surface area contributed by atoms with Gasteiger partial charge in [0, 0.05) is 29.9 Å². The zero-order valence-electron chi connectivity index (χ0n) is 12.3. The smallest absolute Gasteiger partial charge is 0.315 e. The fourth-order valence-electron chi connectivity index (χ4n) is 1.88. The lowest BCUT2D eigenvalue weighted by molar-refractivity contribution is 0.240. The quantitative estimate of drug-likeness (QED) is 0.859. The summed E-state index contributed by atoms with van der Waals surface area (Å²) in [6.45, 7) is 3.14. The van der Waals surface area contributed by atoms with Gasteiger partial charge in [-0.05, 0) is 24.6 Å². The van der Waals surface area contributed by atoms with Crippen LogP contribution in [0.5, 0.6) is 5.88 Å². The highest BCUT2D eigenvalue weighted by Gasteiger charge is 2.07. The Morgan fingerprint density at radius 1 is 1.14 bits per heavy atom. The number of hydrogen-bond acceptors (Lipinski definition) is 3. The van der Waals surface area contributed by atoms with Crippen molar-refractivity contribution in [3.05, 3.63) is 58.7 Å². The van der Waals surface area contributed by atoms with Crippen molar-refractivity contribution in [1.82, 2.24) is 15.6 Å². The second-order valence-corrected chi connectivity index (χ2v) is 4.94. The van der Waals surface area contributed by atoms with E-state index in [1.54, 1.807) is 18.3 Å². The molecule has 0 aliphatic rings. The predicted octanol–water partition coefficient (Wildman–Crippen LogP) is 3.13. The molecular formula is C16H18ClN3O2. The predicted molar refractivity (Wildman–Crippen MR) is 85.9 cm³/mol. The molecule has 0 saturated carbocycles. The van der Waals surface area contributed by atoms with Crippen LogP contribution < -0.4 is 15.4 Å². The molecule has 0 fully saturated rings. The molecule has 0 aliphatic carbocycles. The number of hydrogen-bond donors (Lipinski definition) is 2. The summed E-state index contributed by atoms with van der Waals surface area (Å²) >= 11 is 6.04. The SMILES string of the molecule is CCOc1ncccc1CNC(=O)NCc1ccccc1Cl. The molecule has 2 amide bonds. The van der Waals surface area contributed by atoms with Crippen LogP contribution in [0.15, 0.2) is 42.6 Å². The summed E-state index contributed by atoms with van der Waals surface area (Å²) in [6.07, 6.45) is 1.66. The lowest BCUT2D eigenvalue weighted by Gasteiger charge is -2.11. The van der Waals surface area contributed by atoms with Crippen molar-refractivity contribution < 1.29 is 9.53 Å². The minimum atomic E-state index is -0.272. The first-order chi connectivity index (χ1) is 10.7. The number of carbonyl (C=O) groups is 1. The first kappa shape index (κ1) is 16.1. The fourth-order valence-corrected chi connectivity index (χ4v) is 2.08. The second-order valence-electron chi connectivity index (χ2n) is 4.53. The average molecular weight is 320 g/mol. The Morgan fingerprint density at radius 3 is 2.55 bits per heavy atom. The van der Waals surface area contributed by atoms with Crippen molar-refractivity contribution in [3.63, 3.8) is 0 Å². The average Bonchev–Trinajstić information content (AvgIpc) is 2.53. The van der Waals surface area contributed by atoms with Gasteiger partial charge in [-0.15, -0.1) is 0 Å². The first-order valence-electron chi connectivity index (χ1n) is 7.02. The Kier molecular flexibility index (Phi) is 6.03. The number of nitrogens with one attached hydrogen (secondary N) is 2. The number of aromatic nitrogens is 1. The third-order valence-electron chi connectivity index (χ3n) is 2.97. The van der Waals surface area contributed by atoms with Gasteiger partial charge in [0.2, 0.25) is 5.88 Å². The van der Waals surface area contributed by atoms with E-state index in [1.807, 2.05) is 31.2 Å². The van der Waals surface area contributed by atoms with Crippen LogP contribution in [-0.4, -0.2) is 17.6 Å². The number of amides is 2. The van der Waals surface area contributed by atoms with Gasteiger partial charge in [0.05, 0.1) is 6.61 Å². The molecule has 0 saturated heterocycles. The summed E-state index contributed by atoms with van der Waals surface area (Å²) in [5, 5.41) is 6.17. The van der Waals surface area contributed by atoms with E-state index in [1.165, 1.54) is 0 Å². The van der Waals surface area contributed by atoms with Crippen molar-refractivity contribution in [3.8, 4) is 5.88 Å². The molecule has 2 aromatic rings. The molecule has 0 radical (unpaired) electrons. The van der Waals surface area contributed by atoms with Gasteiger partial charge in [0.25, 0.3) is 0 Å². The molecule has 6 heteroatoms. The Balaban J connectivity index is 1.84. The van der Waals surface area contributed by atoms with Gasteiger partial charge in [0.15, 0.2) is 0 Å². The molecule has 1 heterocycles. The molecule has 2 N–H and O–H groups in total. The number of halogens is 1. The Morgan fingerprint density at radius 2 is 1.82 bits per heavy atom. The van der Waals surface area contributed by atoms with E-state index in [0.29, 0.717) is 30.6 Å². The normalized spacial score (nSPS) is 10.1. The summed E-state index contributed by atoms with van der Waals surface area (Å²) in [4.78, 5) is 16.0. The molecule has 1 aromatic carbocycles. The largest absolute Gasteiger partial charge is 0.478 e. The highest BCUT2D eigenvalue weighted by atomic mass is 35.5. The molecule has 0 unspecified atom stereocenters. The van der Waals surface area contributed by atoms with Crippen LogP contribution in [0.25, 0.3) is 0 Å². The van der Waals surface area contributed by atoms with Crippen LogP contribution >= 0.6 is 11.6 Å². The van der Waals surface area contributed by atoms with Crippen molar-refractivity contribution >= 4 is 17.6 Å². The van der Waals surface area contributed by atoms with Gasteiger partial charge in [-0.2, -0.15) is 0 Å². The highest BCUT2D eigenvalue weighted by molar-refractivity contribution is 6.31. The number of benzene rings is 1. The molecule has 116 valence electrons. The zero-order chi connectivity index (χ0) is 15.8. The van der Waals surface area contributed by atoms with E-state index in [2.05, 4.69) is 15.6 Å². The van der Waals surface area contributed by atoms with Crippen LogP contribution in [0, 0.1) is 0 Å². The van der Waals surface area contributed by atoms with E-state index < -0.39 is 0 Å². The van der Waals surface area contributed by atoms with Crippen LogP contribution in [0.4, 0.5) is 4.79 Å². The van der Waals surface area contributed by atoms with Gasteiger partial charge >= 0.3 is 6.03 Å². The maximum atomic E-state index is 11.8. The third kappa shape index (κ3) is 4.63. The Bertz CT molecular complexity index is 634. The van der Waals surface area contributed by atoms with Crippen molar-refractivity contribution in [2.24, 2.45) is 0 Å². The van der Waals surface area contributed by atoms with E-state index in [0.717, 1.165) is 11.1 Å². The number of carbonyl (C=O) groups excluding carboxylic acids is 1. The van der Waals surface area contributed by atoms with Gasteiger partial charge in [-0.3, -0.25) is 0 Å². The number of ether oxygens (including phenoxy) is 1. The van der Waals surface area contributed by atoms with Gasteiger partial charge in [0.1, 0.15) is 0 Å². The summed E-state index contributed by atoms with van der Waals surface area (Å²) in [6, 6.07) is 10.8. The van der Waals surface area contributed by atoms with Crippen LogP contribution in [0.2, 0.25) is 5.02 Å². The van der Waals surface area contributed by atoms with Crippen molar-refractivity contribution in [2.45, 2.75) is 20.0 Å². The molecule has 0 bridgehead atoms. The number of nitrogens with zero attached hydrogens (tertiary/aromatic N) is 1. The molecule has 0 aliphatic heterocycles. The summed E-state index contributed by atoms with van der Waals surface area (Å²) < 4.78 is 5.41. The monoisotopic (exact) mass is 319 g/mol. The standard InChI is InChI=1S/C16H18ClN3O2/c1-2-22-15-13(7-5-9-18-15)11-20-16(21)19-10-12-6-3-4-8-14(12)17/h3-9H,2,10-11H2,1H3,(H2,19,20,21). The number of urea groups is 1. The molecule has 2 rings (SSSR count). The summed E-state index contributed by atoms with van der Waals surface area (Å²) in [5.74, 6) is 0.538. The molecule has 5 nitrogen and oxygen atoms in total. The Labute approximate surface area is 134 Å². The first-order valence-corrected chi connectivity index (χ1v) is 7.40. The van der Waals surface area contributed by atoms with Gasteiger partial charge in [-0.25, -0.2) is 9.78 Å². The van der Waals surface area contributed by atoms with Crippen LogP contribution in [0.3, 0.4) is 0 Å². The lowest BCUT2D eigenvalue weighted by atomic mass is 10.2. The number of rotatable bonds is 6. The topological polar surface area (TPSA) is 63.2 Å². The second kappa shape index (κ2) is 8.24. The maximum Gasteiger partial charge on any atom is 0.315 e. The summed E-state index contributed by atoms with van der Waals surface area (Å²) in [7, 11) is 0. The van der Waals surface area contributed by atoms with E-state index in [4.69, 9.17) is 16.3 Å². The van der Waals surface area contributed by atoms with Crippen LogP contribution in [0.1, 0.15) is 18.1 Å². The van der Waals surface area contributed by atoms with E-state index >= 15 is 0 Å². The fraction of sp³-hybridized carbons (Fsp3) is 0.250. The summed E-state index contributed by atoms with van der Waals surface area (Å²) in [5.41, 5.74) is 1.70. The maximum absolute atomic E-state index is 11.8. The lowest BCUT2D eigenvalue weighted by Crippen LogP contribution is -2.34. The molecule has 0 spiro atoms. The Hall–Kier alpha value is -2.27. The van der Waals surface area contributed by atoms with Crippen molar-refractivity contribution in [2.75, 3.05) is 6.61 Å². The van der Waals surface area contributed by atoms with Crippen molar-refractivity contribution in [1.29, 1.82) is 0 Å². The minimum Gasteiger partial charge on any atom is -0.478 e.